The van der Waals surface area contributed by atoms with Gasteiger partial charge in [0.25, 0.3) is 5.91 Å². The topological polar surface area (TPSA) is 79.3 Å². The van der Waals surface area contributed by atoms with Crippen LogP contribution in [0.4, 0.5) is 5.00 Å². The van der Waals surface area contributed by atoms with Gasteiger partial charge in [-0.05, 0) is 36.7 Å². The van der Waals surface area contributed by atoms with Gasteiger partial charge in [0.1, 0.15) is 10.6 Å². The van der Waals surface area contributed by atoms with E-state index in [0.717, 1.165) is 11.5 Å². The number of carbonyl (C=O) groups excluding carboxylic acids is 1. The maximum atomic E-state index is 12.1. The van der Waals surface area contributed by atoms with Crippen LogP contribution < -0.4 is 5.32 Å². The molecule has 1 heterocycles. The maximum absolute atomic E-state index is 12.1. The number of carboxylic acid groups (broad SMARTS) is 1. The summed E-state index contributed by atoms with van der Waals surface area (Å²) in [6, 6.07) is 4.85. The molecule has 2 N–H and O–H groups in total. The number of aryl methyl sites for hydroxylation is 1. The molecule has 0 radical (unpaired) electrons. The number of aromatic carboxylic acids is 1. The molecule has 0 aliphatic heterocycles. The van der Waals surface area contributed by atoms with E-state index in [2.05, 4.69) is 25.6 Å². The minimum Gasteiger partial charge on any atom is -0.478 e. The van der Waals surface area contributed by atoms with E-state index in [9.17, 15) is 9.59 Å². The van der Waals surface area contributed by atoms with Crippen LogP contribution in [-0.2, 0) is 0 Å². The number of benzene rings is 1. The molecule has 20 heavy (non-hydrogen) atoms. The molecule has 0 bridgehead atoms. The summed E-state index contributed by atoms with van der Waals surface area (Å²) in [6.07, 6.45) is 0. The highest BCUT2D eigenvalue weighted by Gasteiger charge is 2.20. The largest absolute Gasteiger partial charge is 0.478 e. The number of halogens is 2. The molecule has 1 aromatic heterocycles. The molecule has 5 nitrogen and oxygen atoms in total. The van der Waals surface area contributed by atoms with E-state index >= 15 is 0 Å². The highest BCUT2D eigenvalue weighted by atomic mass is 79.9. The monoisotopic (exact) mass is 374 g/mol. The summed E-state index contributed by atoms with van der Waals surface area (Å²) >= 11 is 10.1. The van der Waals surface area contributed by atoms with E-state index in [1.807, 2.05) is 0 Å². The first-order chi connectivity index (χ1) is 9.40. The standard InChI is InChI=1S/C12H8BrClN2O3S/c1-5-9(12(18)19)11(20-16-5)15-10(17)7-4-6(13)2-3-8(7)14/h2-4H,1H3,(H,15,17)(H,18,19). The second-order valence-electron chi connectivity index (χ2n) is 3.86. The molecule has 8 heteroatoms. The molecule has 0 saturated heterocycles. The van der Waals surface area contributed by atoms with Gasteiger partial charge >= 0.3 is 5.97 Å². The third-order valence-electron chi connectivity index (χ3n) is 2.48. The minimum atomic E-state index is -1.13. The van der Waals surface area contributed by atoms with Crippen LogP contribution in [-0.4, -0.2) is 21.4 Å². The lowest BCUT2D eigenvalue weighted by Crippen LogP contribution is -2.14. The zero-order valence-corrected chi connectivity index (χ0v) is 13.3. The lowest BCUT2D eigenvalue weighted by Gasteiger charge is -2.06. The number of rotatable bonds is 3. The van der Waals surface area contributed by atoms with Gasteiger partial charge in [-0.1, -0.05) is 27.5 Å². The Morgan fingerprint density at radius 3 is 2.80 bits per heavy atom. The molecule has 0 aliphatic carbocycles. The van der Waals surface area contributed by atoms with Crippen LogP contribution in [0.1, 0.15) is 26.4 Å². The smallest absolute Gasteiger partial charge is 0.340 e. The van der Waals surface area contributed by atoms with Gasteiger partial charge in [0.2, 0.25) is 0 Å². The van der Waals surface area contributed by atoms with Crippen molar-refractivity contribution in [2.75, 3.05) is 5.32 Å². The lowest BCUT2D eigenvalue weighted by molar-refractivity contribution is 0.0697. The fraction of sp³-hybridized carbons (Fsp3) is 0.0833. The van der Waals surface area contributed by atoms with E-state index in [4.69, 9.17) is 16.7 Å². The van der Waals surface area contributed by atoms with E-state index in [-0.39, 0.29) is 21.2 Å². The highest BCUT2D eigenvalue weighted by Crippen LogP contribution is 2.27. The van der Waals surface area contributed by atoms with Crippen molar-refractivity contribution in [1.29, 1.82) is 0 Å². The first-order valence-corrected chi connectivity index (χ1v) is 7.30. The van der Waals surface area contributed by atoms with Crippen LogP contribution >= 0.6 is 39.1 Å². The number of hydrogen-bond donors (Lipinski definition) is 2. The van der Waals surface area contributed by atoms with Crippen LogP contribution in [0.3, 0.4) is 0 Å². The Bertz CT molecular complexity index is 702. The summed E-state index contributed by atoms with van der Waals surface area (Å²) < 4.78 is 4.63. The number of aromatic nitrogens is 1. The van der Waals surface area contributed by atoms with Gasteiger partial charge in [0, 0.05) is 4.47 Å². The Morgan fingerprint density at radius 1 is 1.45 bits per heavy atom. The summed E-state index contributed by atoms with van der Waals surface area (Å²) in [5.41, 5.74) is 0.607. The summed E-state index contributed by atoms with van der Waals surface area (Å²) in [6.45, 7) is 1.57. The Morgan fingerprint density at radius 2 is 2.15 bits per heavy atom. The second-order valence-corrected chi connectivity index (χ2v) is 5.95. The van der Waals surface area contributed by atoms with Gasteiger partial charge in [0.15, 0.2) is 0 Å². The molecule has 1 aromatic carbocycles. The van der Waals surface area contributed by atoms with E-state index in [0.29, 0.717) is 10.2 Å². The highest BCUT2D eigenvalue weighted by molar-refractivity contribution is 9.10. The Kier molecular flexibility index (Phi) is 4.42. The third-order valence-corrected chi connectivity index (χ3v) is 4.15. The van der Waals surface area contributed by atoms with Crippen molar-refractivity contribution < 1.29 is 14.7 Å². The van der Waals surface area contributed by atoms with E-state index < -0.39 is 11.9 Å². The molecule has 0 fully saturated rings. The molecule has 2 rings (SSSR count). The van der Waals surface area contributed by atoms with E-state index in [1.54, 1.807) is 25.1 Å². The average molecular weight is 376 g/mol. The molecular formula is C12H8BrClN2O3S. The van der Waals surface area contributed by atoms with Crippen LogP contribution in [0, 0.1) is 6.92 Å². The average Bonchev–Trinajstić information content (AvgIpc) is 2.73. The summed E-state index contributed by atoms with van der Waals surface area (Å²) in [5, 5.41) is 12.1. The van der Waals surface area contributed by atoms with Gasteiger partial charge in [-0.2, -0.15) is 4.37 Å². The Hall–Kier alpha value is -1.44. The Labute approximate surface area is 131 Å². The minimum absolute atomic E-state index is 0.00512. The van der Waals surface area contributed by atoms with Crippen molar-refractivity contribution in [1.82, 2.24) is 4.37 Å². The second kappa shape index (κ2) is 5.90. The molecule has 0 spiro atoms. The molecular weight excluding hydrogens is 368 g/mol. The zero-order chi connectivity index (χ0) is 14.9. The van der Waals surface area contributed by atoms with Crippen molar-refractivity contribution >= 4 is 55.9 Å². The van der Waals surface area contributed by atoms with Crippen molar-refractivity contribution in [3.63, 3.8) is 0 Å². The fourth-order valence-corrected chi connectivity index (χ4v) is 2.90. The van der Waals surface area contributed by atoms with Crippen LogP contribution in [0.15, 0.2) is 22.7 Å². The number of carboxylic acids is 1. The molecule has 0 aliphatic rings. The van der Waals surface area contributed by atoms with Gasteiger partial charge in [0.05, 0.1) is 16.3 Å². The van der Waals surface area contributed by atoms with Crippen LogP contribution in [0.2, 0.25) is 5.02 Å². The number of nitrogens with one attached hydrogen (secondary N) is 1. The molecule has 0 atom stereocenters. The SMILES string of the molecule is Cc1nsc(NC(=O)c2cc(Br)ccc2Cl)c1C(=O)O. The Balaban J connectivity index is 2.33. The molecule has 2 aromatic rings. The third kappa shape index (κ3) is 3.00. The number of amides is 1. The fourth-order valence-electron chi connectivity index (χ4n) is 1.55. The first-order valence-electron chi connectivity index (χ1n) is 5.36. The molecule has 0 saturated carbocycles. The quantitative estimate of drug-likeness (QED) is 0.855. The van der Waals surface area contributed by atoms with Gasteiger partial charge < -0.3 is 10.4 Å². The van der Waals surface area contributed by atoms with Gasteiger partial charge in [-0.25, -0.2) is 4.79 Å². The summed E-state index contributed by atoms with van der Waals surface area (Å²) in [4.78, 5) is 23.3. The summed E-state index contributed by atoms with van der Waals surface area (Å²) in [5.74, 6) is -1.62. The molecule has 0 unspecified atom stereocenters. The van der Waals surface area contributed by atoms with E-state index in [1.165, 1.54) is 0 Å². The van der Waals surface area contributed by atoms with Crippen molar-refractivity contribution in [3.8, 4) is 0 Å². The van der Waals surface area contributed by atoms with Crippen molar-refractivity contribution in [2.24, 2.45) is 0 Å². The number of hydrogen-bond acceptors (Lipinski definition) is 4. The number of anilines is 1. The van der Waals surface area contributed by atoms with Crippen molar-refractivity contribution in [2.45, 2.75) is 6.92 Å². The van der Waals surface area contributed by atoms with Crippen LogP contribution in [0.25, 0.3) is 0 Å². The van der Waals surface area contributed by atoms with Crippen molar-refractivity contribution in [3.05, 3.63) is 44.5 Å². The lowest BCUT2D eigenvalue weighted by atomic mass is 10.2. The number of nitrogens with zero attached hydrogens (tertiary/aromatic N) is 1. The normalized spacial score (nSPS) is 10.3. The van der Waals surface area contributed by atoms with Gasteiger partial charge in [-0.15, -0.1) is 0 Å². The molecule has 104 valence electrons. The summed E-state index contributed by atoms with van der Waals surface area (Å²) in [7, 11) is 0. The zero-order valence-electron chi connectivity index (χ0n) is 10.1. The van der Waals surface area contributed by atoms with Gasteiger partial charge in [-0.3, -0.25) is 4.79 Å². The van der Waals surface area contributed by atoms with Crippen LogP contribution in [0.5, 0.6) is 0 Å². The predicted octanol–water partition coefficient (Wildman–Crippen LogP) is 3.82. The molecule has 1 amide bonds. The predicted molar refractivity (Wildman–Crippen MR) is 80.9 cm³/mol. The first kappa shape index (κ1) is 15.0. The number of carbonyl (C=O) groups is 2. The maximum Gasteiger partial charge on any atom is 0.340 e.